The average molecular weight is 395 g/mol. The molecule has 2 atom stereocenters. The molecule has 4 aliphatic carbocycles. The van der Waals surface area contributed by atoms with Crippen LogP contribution in [0.5, 0.6) is 0 Å². The van der Waals surface area contributed by atoms with E-state index in [0.29, 0.717) is 24.7 Å². The molecule has 26 heavy (non-hydrogen) atoms. The van der Waals surface area contributed by atoms with E-state index in [1.54, 1.807) is 0 Å². The van der Waals surface area contributed by atoms with Crippen LogP contribution in [0.3, 0.4) is 0 Å². The quantitative estimate of drug-likeness (QED) is 0.148. The van der Waals surface area contributed by atoms with Crippen molar-refractivity contribution in [3.8, 4) is 0 Å². The van der Waals surface area contributed by atoms with E-state index < -0.39 is 47.9 Å². The molecule has 0 saturated heterocycles. The Labute approximate surface area is 151 Å². The molecule has 4 fully saturated rings. The number of hydrogen-bond acceptors (Lipinski definition) is 9. The summed E-state index contributed by atoms with van der Waals surface area (Å²) >= 11 is -0.805. The van der Waals surface area contributed by atoms with Crippen molar-refractivity contribution in [1.82, 2.24) is 0 Å². The lowest BCUT2D eigenvalue weighted by Crippen LogP contribution is -2.57. The van der Waals surface area contributed by atoms with E-state index in [1.165, 1.54) is 0 Å². The smallest absolute Gasteiger partial charge is 0.415 e. The normalized spacial score (nSPS) is 32.6. The van der Waals surface area contributed by atoms with Crippen molar-refractivity contribution in [3.05, 3.63) is 0 Å². The van der Waals surface area contributed by atoms with Crippen molar-refractivity contribution in [2.75, 3.05) is 13.2 Å². The van der Waals surface area contributed by atoms with Crippen LogP contribution in [0.25, 0.3) is 0 Å². The summed E-state index contributed by atoms with van der Waals surface area (Å²) in [5.74, 6) is -2.12. The molecule has 0 aromatic heterocycles. The zero-order valence-electron chi connectivity index (χ0n) is 13.6. The molecule has 0 heterocycles. The first-order valence-corrected chi connectivity index (χ1v) is 8.93. The summed E-state index contributed by atoms with van der Waals surface area (Å²) in [4.78, 5) is 36.2. The number of ketones is 1. The van der Waals surface area contributed by atoms with Crippen LogP contribution in [0.2, 0.25) is 0 Å². The first kappa shape index (κ1) is 19.5. The van der Waals surface area contributed by atoms with Crippen LogP contribution < -0.4 is 5.26 Å². The summed E-state index contributed by atoms with van der Waals surface area (Å²) < 4.78 is 39.0. The summed E-state index contributed by atoms with van der Waals surface area (Å²) in [6, 6.07) is 0. The number of carbonyl (C=O) groups excluding carboxylic acids is 3. The monoisotopic (exact) mass is 395 g/mol. The Morgan fingerprint density at radius 1 is 1.15 bits per heavy atom. The van der Waals surface area contributed by atoms with E-state index in [9.17, 15) is 28.4 Å². The summed E-state index contributed by atoms with van der Waals surface area (Å²) in [5.41, 5.74) is -1.13. The highest BCUT2D eigenvalue weighted by molar-refractivity contribution is 7.96. The lowest BCUT2D eigenvalue weighted by molar-refractivity contribution is -0.777. The van der Waals surface area contributed by atoms with Crippen LogP contribution in [-0.2, 0) is 33.2 Å². The number of hydrogen-bond donors (Lipinski definition) is 0. The van der Waals surface area contributed by atoms with Gasteiger partial charge >= 0.3 is 17.2 Å². The molecule has 0 aromatic rings. The maximum absolute atomic E-state index is 13.1. The van der Waals surface area contributed by atoms with Crippen LogP contribution in [0.4, 0.5) is 8.78 Å². The standard InChI is InChI=1S/C15H18F2O8S/c16-15(17,26-25-24-21)13(20)23-2-1-22-12(19)14-6-8-3-9(7-14)5-10(4-8)11(14)18/h8-10,21H,1-7H2/p-1. The molecule has 0 N–H and O–H groups in total. The molecule has 4 saturated carbocycles. The second-order valence-electron chi connectivity index (χ2n) is 7.00. The molecule has 0 aromatic carbocycles. The Balaban J connectivity index is 1.47. The van der Waals surface area contributed by atoms with Gasteiger partial charge in [-0.25, -0.2) is 4.79 Å². The summed E-state index contributed by atoms with van der Waals surface area (Å²) in [5, 5.41) is 8.10. The fourth-order valence-corrected chi connectivity index (χ4v) is 4.86. The van der Waals surface area contributed by atoms with E-state index in [4.69, 9.17) is 4.74 Å². The van der Waals surface area contributed by atoms with Gasteiger partial charge in [0.2, 0.25) is 0 Å². The predicted molar refractivity (Wildman–Crippen MR) is 77.6 cm³/mol. The van der Waals surface area contributed by atoms with Crippen molar-refractivity contribution in [1.29, 1.82) is 0 Å². The largest absolute Gasteiger partial charge is 0.691 e. The lowest BCUT2D eigenvalue weighted by atomic mass is 9.49. The molecule has 8 nitrogen and oxygen atoms in total. The lowest BCUT2D eigenvalue weighted by Gasteiger charge is -2.53. The van der Waals surface area contributed by atoms with Gasteiger partial charge in [-0.1, -0.05) is 0 Å². The van der Waals surface area contributed by atoms with E-state index in [0.717, 1.165) is 19.3 Å². The van der Waals surface area contributed by atoms with E-state index >= 15 is 0 Å². The highest BCUT2D eigenvalue weighted by Crippen LogP contribution is 2.58. The maximum Gasteiger partial charge on any atom is 0.415 e. The van der Waals surface area contributed by atoms with E-state index in [2.05, 4.69) is 14.1 Å². The number of alkyl halides is 2. The number of ether oxygens (including phenoxy) is 2. The van der Waals surface area contributed by atoms with Crippen molar-refractivity contribution in [3.63, 3.8) is 0 Å². The van der Waals surface area contributed by atoms with Gasteiger partial charge in [-0.05, 0) is 43.9 Å². The van der Waals surface area contributed by atoms with Crippen molar-refractivity contribution in [2.45, 2.75) is 37.4 Å². The minimum atomic E-state index is -4.15. The minimum absolute atomic E-state index is 0.0793. The van der Waals surface area contributed by atoms with Crippen molar-refractivity contribution >= 4 is 29.8 Å². The van der Waals surface area contributed by atoms with Gasteiger partial charge in [0.1, 0.15) is 30.7 Å². The van der Waals surface area contributed by atoms with Crippen molar-refractivity contribution in [2.24, 2.45) is 23.2 Å². The van der Waals surface area contributed by atoms with Gasteiger partial charge in [0.25, 0.3) is 0 Å². The molecule has 2 unspecified atom stereocenters. The molecule has 0 radical (unpaired) electrons. The SMILES string of the molecule is O=C(OCCOC(=O)C12CC3CC(CC(C3)C1=O)C2)C(F)(F)SOO[O-]. The number of Topliss-reactive ketones (excluding diaryl/α,β-unsaturated/α-hetero) is 1. The molecular formula is C15H17F2O8S-. The van der Waals surface area contributed by atoms with Gasteiger partial charge in [0, 0.05) is 5.92 Å². The summed E-state index contributed by atoms with van der Waals surface area (Å²) in [6.07, 6.45) is 3.61. The molecular weight excluding hydrogens is 378 g/mol. The first-order valence-electron chi connectivity index (χ1n) is 8.19. The fourth-order valence-electron chi connectivity index (χ4n) is 4.62. The second-order valence-corrected chi connectivity index (χ2v) is 7.81. The van der Waals surface area contributed by atoms with E-state index in [-0.39, 0.29) is 11.7 Å². The Kier molecular flexibility index (Phi) is 5.52. The maximum atomic E-state index is 13.1. The third-order valence-electron chi connectivity index (χ3n) is 5.36. The minimum Gasteiger partial charge on any atom is -0.691 e. The van der Waals surface area contributed by atoms with Gasteiger partial charge in [-0.15, -0.1) is 0 Å². The molecule has 4 bridgehead atoms. The Hall–Kier alpha value is -1.30. The molecule has 0 aliphatic heterocycles. The van der Waals surface area contributed by atoms with Gasteiger partial charge in [0.15, 0.2) is 5.78 Å². The van der Waals surface area contributed by atoms with E-state index in [1.807, 2.05) is 0 Å². The Bertz CT molecular complexity index is 584. The topological polar surface area (TPSA) is 111 Å². The third-order valence-corrected chi connectivity index (χ3v) is 5.86. The van der Waals surface area contributed by atoms with Crippen LogP contribution in [-0.4, -0.2) is 36.2 Å². The molecule has 4 rings (SSSR count). The highest BCUT2D eigenvalue weighted by Gasteiger charge is 2.61. The molecule has 4 aliphatic rings. The zero-order valence-corrected chi connectivity index (χ0v) is 14.4. The number of halogens is 2. The van der Waals surface area contributed by atoms with Crippen molar-refractivity contribution < 1.29 is 47.3 Å². The molecule has 146 valence electrons. The molecule has 0 amide bonds. The van der Waals surface area contributed by atoms with Crippen LogP contribution in [0.15, 0.2) is 0 Å². The molecule has 0 spiro atoms. The predicted octanol–water partition coefficient (Wildman–Crippen LogP) is 0.933. The van der Waals surface area contributed by atoms with Crippen LogP contribution in [0, 0.1) is 23.2 Å². The van der Waals surface area contributed by atoms with Gasteiger partial charge in [-0.2, -0.15) is 13.1 Å². The number of carbonyl (C=O) groups is 3. The number of rotatable bonds is 8. The fraction of sp³-hybridized carbons (Fsp3) is 0.800. The second kappa shape index (κ2) is 7.37. The third kappa shape index (κ3) is 3.57. The van der Waals surface area contributed by atoms with Gasteiger partial charge in [-0.3, -0.25) is 14.6 Å². The summed E-state index contributed by atoms with van der Waals surface area (Å²) in [6.45, 7) is -1.06. The summed E-state index contributed by atoms with van der Waals surface area (Å²) in [7, 11) is 0. The van der Waals surface area contributed by atoms with Crippen LogP contribution in [0.1, 0.15) is 32.1 Å². The first-order chi connectivity index (χ1) is 12.3. The highest BCUT2D eigenvalue weighted by atomic mass is 32.2. The van der Waals surface area contributed by atoms with Gasteiger partial charge < -0.3 is 14.7 Å². The average Bonchev–Trinajstić information content (AvgIpc) is 2.60. The number of esters is 2. The zero-order chi connectivity index (χ0) is 18.9. The van der Waals surface area contributed by atoms with Crippen LogP contribution >= 0.6 is 12.0 Å². The Morgan fingerprint density at radius 2 is 1.77 bits per heavy atom. The Morgan fingerprint density at radius 3 is 2.38 bits per heavy atom. The van der Waals surface area contributed by atoms with Gasteiger partial charge in [0.05, 0.1) is 0 Å². The molecule has 11 heteroatoms.